The van der Waals surface area contributed by atoms with Crippen molar-refractivity contribution in [2.24, 2.45) is 0 Å². The molecule has 0 bridgehead atoms. The summed E-state index contributed by atoms with van der Waals surface area (Å²) < 4.78 is 5.93. The lowest BCUT2D eigenvalue weighted by Crippen LogP contribution is -2.25. The number of hydrogen-bond acceptors (Lipinski definition) is 3. The van der Waals surface area contributed by atoms with Crippen LogP contribution in [-0.4, -0.2) is 23.5 Å². The molecule has 2 aliphatic heterocycles. The van der Waals surface area contributed by atoms with E-state index in [0.29, 0.717) is 5.57 Å². The molecule has 0 saturated carbocycles. The van der Waals surface area contributed by atoms with Gasteiger partial charge in [0.15, 0.2) is 12.0 Å². The molecule has 3 aliphatic rings. The molecule has 0 aromatic rings. The number of rotatable bonds is 0. The lowest BCUT2D eigenvalue weighted by molar-refractivity contribution is -0.112. The van der Waals surface area contributed by atoms with Crippen molar-refractivity contribution >= 4 is 5.78 Å². The van der Waals surface area contributed by atoms with E-state index in [1.807, 2.05) is 13.8 Å². The molecule has 0 N–H and O–H groups in total. The molecule has 0 aromatic carbocycles. The van der Waals surface area contributed by atoms with Crippen LogP contribution in [0, 0.1) is 0 Å². The van der Waals surface area contributed by atoms with Gasteiger partial charge in [-0.1, -0.05) is 6.58 Å². The molecule has 3 nitrogen and oxygen atoms in total. The van der Waals surface area contributed by atoms with Crippen LogP contribution < -0.4 is 0 Å². The Morgan fingerprint density at radius 2 is 2.12 bits per heavy atom. The van der Waals surface area contributed by atoms with Gasteiger partial charge in [-0.3, -0.25) is 4.79 Å². The predicted octanol–water partition coefficient (Wildman–Crippen LogP) is 2.13. The Hall–Kier alpha value is -1.51. The summed E-state index contributed by atoms with van der Waals surface area (Å²) in [5.41, 5.74) is 3.28. The molecule has 0 amide bonds. The number of carbonyl (C=O) groups excluding carboxylic acids is 1. The van der Waals surface area contributed by atoms with E-state index >= 15 is 0 Å². The zero-order valence-electron chi connectivity index (χ0n) is 9.67. The van der Waals surface area contributed by atoms with Gasteiger partial charge in [-0.15, -0.1) is 0 Å². The monoisotopic (exact) mass is 217 g/mol. The Kier molecular flexibility index (Phi) is 1.82. The molecule has 3 heteroatoms. The third-order valence-electron chi connectivity index (χ3n) is 3.72. The summed E-state index contributed by atoms with van der Waals surface area (Å²) in [6.07, 6.45) is 2.34. The largest absolute Gasteiger partial charge is 0.468 e. The average molecular weight is 217 g/mol. The highest BCUT2D eigenvalue weighted by Crippen LogP contribution is 2.43. The normalized spacial score (nSPS) is 28.6. The Labute approximate surface area is 95.1 Å². The van der Waals surface area contributed by atoms with E-state index < -0.39 is 0 Å². The van der Waals surface area contributed by atoms with Crippen LogP contribution >= 0.6 is 0 Å². The molecule has 84 valence electrons. The number of ether oxygens (including phenoxy) is 1. The summed E-state index contributed by atoms with van der Waals surface area (Å²) in [6.45, 7) is 8.63. The van der Waals surface area contributed by atoms with Crippen LogP contribution in [0.4, 0.5) is 0 Å². The molecule has 1 unspecified atom stereocenters. The fraction of sp³-hybridized carbons (Fsp3) is 0.462. The standard InChI is InChI=1S/C13H15NO2/c1-7-8(2)13-11(9(3)12(7)15)14-6-4-5-10(14)16-13/h10H,1,4-6H2,2-3H3. The first kappa shape index (κ1) is 9.70. The first-order valence-electron chi connectivity index (χ1n) is 5.70. The van der Waals surface area contributed by atoms with Crippen molar-refractivity contribution in [3.63, 3.8) is 0 Å². The number of ketones is 1. The molecule has 0 aromatic heterocycles. The average Bonchev–Trinajstić information content (AvgIpc) is 2.82. The predicted molar refractivity (Wildman–Crippen MR) is 60.4 cm³/mol. The zero-order chi connectivity index (χ0) is 11.4. The summed E-state index contributed by atoms with van der Waals surface area (Å²) in [4.78, 5) is 14.2. The Morgan fingerprint density at radius 3 is 2.88 bits per heavy atom. The van der Waals surface area contributed by atoms with Gasteiger partial charge < -0.3 is 9.64 Å². The van der Waals surface area contributed by atoms with E-state index in [2.05, 4.69) is 11.5 Å². The summed E-state index contributed by atoms with van der Waals surface area (Å²) in [5.74, 6) is 0.944. The Bertz CT molecular complexity index is 470. The molecule has 1 atom stereocenters. The van der Waals surface area contributed by atoms with Crippen LogP contribution in [0.2, 0.25) is 0 Å². The highest BCUT2D eigenvalue weighted by atomic mass is 16.5. The van der Waals surface area contributed by atoms with Crippen LogP contribution in [0.3, 0.4) is 0 Å². The lowest BCUT2D eigenvalue weighted by atomic mass is 9.91. The van der Waals surface area contributed by atoms with Crippen molar-refractivity contribution in [1.29, 1.82) is 0 Å². The Balaban J connectivity index is 2.19. The van der Waals surface area contributed by atoms with E-state index in [1.54, 1.807) is 0 Å². The third-order valence-corrected chi connectivity index (χ3v) is 3.72. The second kappa shape index (κ2) is 3.00. The minimum atomic E-state index is 0.0624. The highest BCUT2D eigenvalue weighted by Gasteiger charge is 2.42. The van der Waals surface area contributed by atoms with Gasteiger partial charge in [-0.2, -0.15) is 0 Å². The van der Waals surface area contributed by atoms with Crippen molar-refractivity contribution in [3.05, 3.63) is 34.8 Å². The molecule has 2 fully saturated rings. The van der Waals surface area contributed by atoms with E-state index in [1.165, 1.54) is 0 Å². The molecular weight excluding hydrogens is 202 g/mol. The minimum absolute atomic E-state index is 0.0624. The maximum atomic E-state index is 12.0. The zero-order valence-corrected chi connectivity index (χ0v) is 9.67. The van der Waals surface area contributed by atoms with Gasteiger partial charge in [0.25, 0.3) is 0 Å². The molecular formula is C13H15NO2. The molecule has 2 heterocycles. The summed E-state index contributed by atoms with van der Waals surface area (Å²) in [6, 6.07) is 0. The van der Waals surface area contributed by atoms with Gasteiger partial charge >= 0.3 is 0 Å². The third kappa shape index (κ3) is 1.01. The smallest absolute Gasteiger partial charge is 0.190 e. The molecule has 2 saturated heterocycles. The first-order chi connectivity index (χ1) is 7.61. The fourth-order valence-corrected chi connectivity index (χ4v) is 2.73. The number of allylic oxidation sites excluding steroid dienone is 3. The molecule has 0 radical (unpaired) electrons. The maximum Gasteiger partial charge on any atom is 0.190 e. The fourth-order valence-electron chi connectivity index (χ4n) is 2.73. The summed E-state index contributed by atoms with van der Waals surface area (Å²) in [5, 5.41) is 0. The van der Waals surface area contributed by atoms with E-state index in [4.69, 9.17) is 4.74 Å². The second-order valence-corrected chi connectivity index (χ2v) is 4.64. The van der Waals surface area contributed by atoms with Gasteiger partial charge in [-0.05, 0) is 20.3 Å². The van der Waals surface area contributed by atoms with E-state index in [-0.39, 0.29) is 12.0 Å². The van der Waals surface area contributed by atoms with Crippen molar-refractivity contribution in [2.45, 2.75) is 32.9 Å². The van der Waals surface area contributed by atoms with Crippen molar-refractivity contribution in [3.8, 4) is 0 Å². The van der Waals surface area contributed by atoms with Crippen LogP contribution in [0.1, 0.15) is 26.7 Å². The highest BCUT2D eigenvalue weighted by molar-refractivity contribution is 6.12. The molecule has 3 rings (SSSR count). The quantitative estimate of drug-likeness (QED) is 0.582. The van der Waals surface area contributed by atoms with Crippen LogP contribution in [0.5, 0.6) is 0 Å². The maximum absolute atomic E-state index is 12.0. The summed E-state index contributed by atoms with van der Waals surface area (Å²) in [7, 11) is 0. The molecule has 0 spiro atoms. The minimum Gasteiger partial charge on any atom is -0.468 e. The topological polar surface area (TPSA) is 29.5 Å². The Morgan fingerprint density at radius 1 is 1.38 bits per heavy atom. The van der Waals surface area contributed by atoms with Crippen molar-refractivity contribution < 1.29 is 9.53 Å². The first-order valence-corrected chi connectivity index (χ1v) is 5.70. The van der Waals surface area contributed by atoms with E-state index in [0.717, 1.165) is 42.0 Å². The van der Waals surface area contributed by atoms with Gasteiger partial charge in [0.2, 0.25) is 0 Å². The van der Waals surface area contributed by atoms with Gasteiger partial charge in [0, 0.05) is 29.7 Å². The van der Waals surface area contributed by atoms with Crippen LogP contribution in [0.25, 0.3) is 0 Å². The van der Waals surface area contributed by atoms with Crippen LogP contribution in [0.15, 0.2) is 34.8 Å². The number of nitrogens with zero attached hydrogens (tertiary/aromatic N) is 1. The van der Waals surface area contributed by atoms with Gasteiger partial charge in [0.1, 0.15) is 5.76 Å². The number of hydrogen-bond donors (Lipinski definition) is 0. The molecule has 16 heavy (non-hydrogen) atoms. The van der Waals surface area contributed by atoms with Crippen molar-refractivity contribution in [2.75, 3.05) is 6.54 Å². The van der Waals surface area contributed by atoms with Crippen LogP contribution in [-0.2, 0) is 9.53 Å². The lowest BCUT2D eigenvalue weighted by Gasteiger charge is -2.21. The van der Waals surface area contributed by atoms with Gasteiger partial charge in [0.05, 0.1) is 5.70 Å². The van der Waals surface area contributed by atoms with Crippen molar-refractivity contribution in [1.82, 2.24) is 4.90 Å². The SMILES string of the molecule is C=C1C(=O)C(C)=C2C(=C1C)OC1CCCN21. The van der Waals surface area contributed by atoms with Gasteiger partial charge in [-0.25, -0.2) is 0 Å². The summed E-state index contributed by atoms with van der Waals surface area (Å²) >= 11 is 0. The number of fused-ring (bicyclic) bond motifs is 3. The second-order valence-electron chi connectivity index (χ2n) is 4.64. The number of Topliss-reactive ketones (excluding diaryl/α,β-unsaturated/α-hetero) is 1. The van der Waals surface area contributed by atoms with E-state index in [9.17, 15) is 4.79 Å². The molecule has 1 aliphatic carbocycles. The number of carbonyl (C=O) groups is 1.